The van der Waals surface area contributed by atoms with Gasteiger partial charge in [-0.15, -0.1) is 0 Å². The molecule has 0 radical (unpaired) electrons. The smallest absolute Gasteiger partial charge is 0.225 e. The molecule has 1 aliphatic rings. The van der Waals surface area contributed by atoms with E-state index in [1.165, 1.54) is 6.42 Å². The van der Waals surface area contributed by atoms with Gasteiger partial charge in [0, 0.05) is 29.8 Å². The van der Waals surface area contributed by atoms with Gasteiger partial charge in [-0.1, -0.05) is 29.8 Å². The van der Waals surface area contributed by atoms with Crippen LogP contribution in [0.15, 0.2) is 6.07 Å². The van der Waals surface area contributed by atoms with Crippen LogP contribution in [0.5, 0.6) is 0 Å². The average molecular weight is 298 g/mol. The predicted molar refractivity (Wildman–Crippen MR) is 75.0 cm³/mol. The molecule has 0 spiro atoms. The first-order chi connectivity index (χ1) is 8.10. The van der Waals surface area contributed by atoms with E-state index in [1.807, 2.05) is 0 Å². The molecule has 1 unspecified atom stereocenters. The van der Waals surface area contributed by atoms with E-state index in [1.54, 1.807) is 0 Å². The molecule has 0 N–H and O–H groups in total. The molecule has 2 heterocycles. The molecule has 3 nitrogen and oxygen atoms in total. The highest BCUT2D eigenvalue weighted by Crippen LogP contribution is 2.24. The van der Waals surface area contributed by atoms with Gasteiger partial charge in [-0.2, -0.15) is 0 Å². The molecule has 1 saturated heterocycles. The fourth-order valence-electron chi connectivity index (χ4n) is 2.15. The van der Waals surface area contributed by atoms with Gasteiger partial charge in [-0.3, -0.25) is 0 Å². The van der Waals surface area contributed by atoms with Gasteiger partial charge in [-0.25, -0.2) is 9.97 Å². The average Bonchev–Trinajstić information content (AvgIpc) is 2.76. The number of aryl methyl sites for hydroxylation is 1. The van der Waals surface area contributed by atoms with Crippen molar-refractivity contribution >= 4 is 21.9 Å². The summed E-state index contributed by atoms with van der Waals surface area (Å²) in [6.07, 6.45) is 1.24. The minimum absolute atomic E-state index is 0.463. The molecule has 0 bridgehead atoms. The van der Waals surface area contributed by atoms with Gasteiger partial charge in [0.15, 0.2) is 0 Å². The molecule has 1 atom stereocenters. The van der Waals surface area contributed by atoms with Crippen molar-refractivity contribution in [1.29, 1.82) is 0 Å². The minimum Gasteiger partial charge on any atom is -0.340 e. The maximum atomic E-state index is 4.68. The van der Waals surface area contributed by atoms with Crippen LogP contribution in [0.3, 0.4) is 0 Å². The van der Waals surface area contributed by atoms with Crippen LogP contribution in [0.25, 0.3) is 0 Å². The Balaban J connectivity index is 2.21. The predicted octanol–water partition coefficient (Wildman–Crippen LogP) is 3.13. The van der Waals surface area contributed by atoms with Crippen LogP contribution in [0.1, 0.15) is 37.6 Å². The van der Waals surface area contributed by atoms with Gasteiger partial charge >= 0.3 is 0 Å². The summed E-state index contributed by atoms with van der Waals surface area (Å²) in [5.74, 6) is 2.11. The number of hydrogen-bond donors (Lipinski definition) is 0. The van der Waals surface area contributed by atoms with E-state index in [2.05, 4.69) is 57.6 Å². The zero-order chi connectivity index (χ0) is 12.4. The van der Waals surface area contributed by atoms with Gasteiger partial charge in [0.05, 0.1) is 0 Å². The Morgan fingerprint density at radius 1 is 1.47 bits per heavy atom. The minimum atomic E-state index is 0.463. The van der Waals surface area contributed by atoms with Crippen LogP contribution < -0.4 is 4.90 Å². The number of anilines is 1. The molecule has 0 saturated carbocycles. The van der Waals surface area contributed by atoms with Crippen molar-refractivity contribution in [1.82, 2.24) is 9.97 Å². The third kappa shape index (κ3) is 2.97. The summed E-state index contributed by atoms with van der Waals surface area (Å²) in [7, 11) is 0. The van der Waals surface area contributed by atoms with Crippen LogP contribution in [0.4, 0.5) is 5.95 Å². The van der Waals surface area contributed by atoms with Crippen LogP contribution in [-0.2, 0) is 0 Å². The third-order valence-electron chi connectivity index (χ3n) is 3.24. The summed E-state index contributed by atoms with van der Waals surface area (Å²) in [5.41, 5.74) is 2.22. The number of halogens is 1. The molecular weight excluding hydrogens is 278 g/mol. The zero-order valence-corrected chi connectivity index (χ0v) is 12.4. The van der Waals surface area contributed by atoms with Crippen molar-refractivity contribution in [2.45, 2.75) is 33.1 Å². The van der Waals surface area contributed by atoms with Crippen molar-refractivity contribution < 1.29 is 0 Å². The van der Waals surface area contributed by atoms with Gasteiger partial charge in [0.25, 0.3) is 0 Å². The molecule has 94 valence electrons. The first-order valence-corrected chi connectivity index (χ1v) is 7.38. The number of alkyl halides is 1. The second-order valence-corrected chi connectivity index (χ2v) is 5.79. The second-order valence-electron chi connectivity index (χ2n) is 5.14. The van der Waals surface area contributed by atoms with E-state index in [0.29, 0.717) is 5.92 Å². The SMILES string of the molecule is Cc1cc(C(C)C)nc(N2CCC(CBr)C2)n1. The van der Waals surface area contributed by atoms with Gasteiger partial charge in [0.2, 0.25) is 5.95 Å². The summed E-state index contributed by atoms with van der Waals surface area (Å²) >= 11 is 3.56. The van der Waals surface area contributed by atoms with Gasteiger partial charge in [-0.05, 0) is 31.2 Å². The van der Waals surface area contributed by atoms with Crippen LogP contribution in [0.2, 0.25) is 0 Å². The Hall–Kier alpha value is -0.640. The molecule has 0 aromatic carbocycles. The highest BCUT2D eigenvalue weighted by Gasteiger charge is 2.24. The molecule has 17 heavy (non-hydrogen) atoms. The van der Waals surface area contributed by atoms with E-state index < -0.39 is 0 Å². The van der Waals surface area contributed by atoms with Gasteiger partial charge < -0.3 is 4.90 Å². The Kier molecular flexibility index (Phi) is 4.02. The normalized spacial score (nSPS) is 20.3. The van der Waals surface area contributed by atoms with E-state index >= 15 is 0 Å². The van der Waals surface area contributed by atoms with E-state index in [-0.39, 0.29) is 0 Å². The first kappa shape index (κ1) is 12.8. The molecule has 1 fully saturated rings. The Morgan fingerprint density at radius 2 is 2.24 bits per heavy atom. The van der Waals surface area contributed by atoms with Gasteiger partial charge in [0.1, 0.15) is 0 Å². The molecule has 1 aromatic heterocycles. The largest absolute Gasteiger partial charge is 0.340 e. The first-order valence-electron chi connectivity index (χ1n) is 6.26. The number of hydrogen-bond acceptors (Lipinski definition) is 3. The van der Waals surface area contributed by atoms with E-state index in [4.69, 9.17) is 0 Å². The standard InChI is InChI=1S/C13H20BrN3/c1-9(2)12-6-10(3)15-13(16-12)17-5-4-11(7-14)8-17/h6,9,11H,4-5,7-8H2,1-3H3. The lowest BCUT2D eigenvalue weighted by atomic mass is 10.1. The van der Waals surface area contributed by atoms with Crippen molar-refractivity contribution in [2.75, 3.05) is 23.3 Å². The van der Waals surface area contributed by atoms with Crippen LogP contribution in [0, 0.1) is 12.8 Å². The lowest BCUT2D eigenvalue weighted by molar-refractivity contribution is 0.673. The maximum absolute atomic E-state index is 4.68. The molecule has 1 aliphatic heterocycles. The van der Waals surface area contributed by atoms with E-state index in [9.17, 15) is 0 Å². The monoisotopic (exact) mass is 297 g/mol. The topological polar surface area (TPSA) is 29.0 Å². The number of aromatic nitrogens is 2. The van der Waals surface area contributed by atoms with Crippen molar-refractivity contribution in [3.63, 3.8) is 0 Å². The molecule has 2 rings (SSSR count). The quantitative estimate of drug-likeness (QED) is 0.803. The molecule has 4 heteroatoms. The van der Waals surface area contributed by atoms with Crippen LogP contribution in [-0.4, -0.2) is 28.4 Å². The summed E-state index contributed by atoms with van der Waals surface area (Å²) in [4.78, 5) is 11.6. The van der Waals surface area contributed by atoms with Crippen molar-refractivity contribution in [3.05, 3.63) is 17.5 Å². The summed E-state index contributed by atoms with van der Waals surface area (Å²) in [6, 6.07) is 2.09. The fourth-order valence-corrected chi connectivity index (χ4v) is 2.68. The van der Waals surface area contributed by atoms with Crippen LogP contribution >= 0.6 is 15.9 Å². The summed E-state index contributed by atoms with van der Waals surface area (Å²) < 4.78 is 0. The highest BCUT2D eigenvalue weighted by molar-refractivity contribution is 9.09. The summed E-state index contributed by atoms with van der Waals surface area (Å²) in [6.45, 7) is 8.56. The van der Waals surface area contributed by atoms with Crippen molar-refractivity contribution in [2.24, 2.45) is 5.92 Å². The number of rotatable bonds is 3. The lowest BCUT2D eigenvalue weighted by Crippen LogP contribution is -2.23. The Bertz CT molecular complexity index is 392. The zero-order valence-electron chi connectivity index (χ0n) is 10.8. The Morgan fingerprint density at radius 3 is 2.82 bits per heavy atom. The van der Waals surface area contributed by atoms with E-state index in [0.717, 1.165) is 41.7 Å². The fraction of sp³-hybridized carbons (Fsp3) is 0.692. The number of nitrogens with zero attached hydrogens (tertiary/aromatic N) is 3. The lowest BCUT2D eigenvalue weighted by Gasteiger charge is -2.18. The molecular formula is C13H20BrN3. The molecule has 0 aliphatic carbocycles. The molecule has 0 amide bonds. The van der Waals surface area contributed by atoms with Crippen molar-refractivity contribution in [3.8, 4) is 0 Å². The molecule has 1 aromatic rings. The third-order valence-corrected chi connectivity index (χ3v) is 4.16. The Labute approximate surface area is 112 Å². The second kappa shape index (κ2) is 5.34. The highest BCUT2D eigenvalue weighted by atomic mass is 79.9. The summed E-state index contributed by atoms with van der Waals surface area (Å²) in [5, 5.41) is 1.08. The maximum Gasteiger partial charge on any atom is 0.225 e.